The molecule has 30 heavy (non-hydrogen) atoms. The molecule has 0 fully saturated rings. The molecule has 1 heterocycles. The van der Waals surface area contributed by atoms with Gasteiger partial charge in [-0.3, -0.25) is 0 Å². The molecule has 4 rings (SSSR count). The Labute approximate surface area is 186 Å². The van der Waals surface area contributed by atoms with E-state index < -0.39 is 0 Å². The van der Waals surface area contributed by atoms with E-state index in [9.17, 15) is 4.39 Å². The Morgan fingerprint density at radius 2 is 1.73 bits per heavy atom. The van der Waals surface area contributed by atoms with Gasteiger partial charge in [0.1, 0.15) is 5.82 Å². The predicted molar refractivity (Wildman–Crippen MR) is 127 cm³/mol. The molecule has 0 aliphatic heterocycles. The molecular formula is C26H26BrFN2. The second kappa shape index (κ2) is 9.59. The molecule has 0 atom stereocenters. The van der Waals surface area contributed by atoms with E-state index in [2.05, 4.69) is 87.2 Å². The quantitative estimate of drug-likeness (QED) is 0.255. The SMILES string of the molecule is CN(CCCCc1cn(-c2ccc(F)cc2)c2ccccc12)Cc1cccc(Br)c1. The minimum Gasteiger partial charge on any atom is -0.316 e. The zero-order chi connectivity index (χ0) is 20.9. The first kappa shape index (κ1) is 20.8. The first-order valence-electron chi connectivity index (χ1n) is 10.4. The Bertz CT molecular complexity index is 1120. The zero-order valence-electron chi connectivity index (χ0n) is 17.2. The lowest BCUT2D eigenvalue weighted by molar-refractivity contribution is 0.319. The van der Waals surface area contributed by atoms with Crippen molar-refractivity contribution in [3.63, 3.8) is 0 Å². The van der Waals surface area contributed by atoms with Gasteiger partial charge in [0.2, 0.25) is 0 Å². The normalized spacial score (nSPS) is 11.5. The minimum absolute atomic E-state index is 0.206. The van der Waals surface area contributed by atoms with E-state index >= 15 is 0 Å². The zero-order valence-corrected chi connectivity index (χ0v) is 18.8. The number of unbranched alkanes of at least 4 members (excludes halogenated alkanes) is 1. The molecule has 4 heteroatoms. The molecule has 4 aromatic rings. The van der Waals surface area contributed by atoms with E-state index in [1.54, 1.807) is 0 Å². The van der Waals surface area contributed by atoms with Gasteiger partial charge in [0.05, 0.1) is 5.52 Å². The van der Waals surface area contributed by atoms with Crippen molar-refractivity contribution < 1.29 is 4.39 Å². The predicted octanol–water partition coefficient (Wildman–Crippen LogP) is 6.99. The lowest BCUT2D eigenvalue weighted by atomic mass is 10.1. The minimum atomic E-state index is -0.206. The second-order valence-corrected chi connectivity index (χ2v) is 8.76. The summed E-state index contributed by atoms with van der Waals surface area (Å²) in [5.74, 6) is -0.206. The van der Waals surface area contributed by atoms with Crippen molar-refractivity contribution in [3.8, 4) is 5.69 Å². The van der Waals surface area contributed by atoms with Crippen molar-refractivity contribution in [2.75, 3.05) is 13.6 Å². The lowest BCUT2D eigenvalue weighted by Gasteiger charge is -2.16. The second-order valence-electron chi connectivity index (χ2n) is 7.84. The maximum atomic E-state index is 13.3. The van der Waals surface area contributed by atoms with Crippen molar-refractivity contribution in [2.45, 2.75) is 25.8 Å². The summed E-state index contributed by atoms with van der Waals surface area (Å²) in [6, 6.07) is 23.7. The van der Waals surface area contributed by atoms with E-state index in [0.717, 1.165) is 42.5 Å². The molecule has 0 aliphatic rings. The fourth-order valence-corrected chi connectivity index (χ4v) is 4.43. The maximum absolute atomic E-state index is 13.3. The highest BCUT2D eigenvalue weighted by atomic mass is 79.9. The number of rotatable bonds is 8. The van der Waals surface area contributed by atoms with Gasteiger partial charge >= 0.3 is 0 Å². The monoisotopic (exact) mass is 464 g/mol. The number of halogens is 2. The Hall–Kier alpha value is -2.43. The van der Waals surface area contributed by atoms with Gasteiger partial charge in [-0.15, -0.1) is 0 Å². The smallest absolute Gasteiger partial charge is 0.123 e. The summed E-state index contributed by atoms with van der Waals surface area (Å²) in [6.45, 7) is 2.03. The summed E-state index contributed by atoms with van der Waals surface area (Å²) < 4.78 is 16.6. The van der Waals surface area contributed by atoms with Gasteiger partial charge in [0, 0.05) is 28.3 Å². The molecule has 154 valence electrons. The largest absolute Gasteiger partial charge is 0.316 e. The third-order valence-electron chi connectivity index (χ3n) is 5.48. The molecule has 0 amide bonds. The van der Waals surface area contributed by atoms with Crippen LogP contribution in [-0.4, -0.2) is 23.1 Å². The number of para-hydroxylation sites is 1. The summed E-state index contributed by atoms with van der Waals surface area (Å²) in [4.78, 5) is 2.38. The van der Waals surface area contributed by atoms with Crippen LogP contribution >= 0.6 is 15.9 Å². The van der Waals surface area contributed by atoms with Crippen LogP contribution in [0, 0.1) is 5.82 Å². The molecule has 1 aromatic heterocycles. The topological polar surface area (TPSA) is 8.17 Å². The summed E-state index contributed by atoms with van der Waals surface area (Å²) in [5, 5.41) is 1.28. The number of benzene rings is 3. The fraction of sp³-hybridized carbons (Fsp3) is 0.231. The molecule has 0 aliphatic carbocycles. The number of nitrogens with zero attached hydrogens (tertiary/aromatic N) is 2. The highest BCUT2D eigenvalue weighted by molar-refractivity contribution is 9.10. The fourth-order valence-electron chi connectivity index (χ4n) is 3.99. The highest BCUT2D eigenvalue weighted by Crippen LogP contribution is 2.26. The standard InChI is InChI=1S/C26H26BrFN2/c1-29(18-20-7-6-9-22(27)17-20)16-5-4-8-21-19-30(24-14-12-23(28)13-15-24)26-11-3-2-10-25(21)26/h2-3,6-7,9-15,17,19H,4-5,8,16,18H2,1H3. The van der Waals surface area contributed by atoms with Crippen LogP contribution in [0.3, 0.4) is 0 Å². The lowest BCUT2D eigenvalue weighted by Crippen LogP contribution is -2.19. The summed E-state index contributed by atoms with van der Waals surface area (Å²) in [7, 11) is 2.18. The molecule has 0 saturated heterocycles. The molecule has 3 aromatic carbocycles. The average Bonchev–Trinajstić information content (AvgIpc) is 3.11. The molecular weight excluding hydrogens is 439 g/mol. The van der Waals surface area contributed by atoms with Crippen LogP contribution in [0.1, 0.15) is 24.0 Å². The molecule has 0 unspecified atom stereocenters. The number of aryl methyl sites for hydroxylation is 1. The molecule has 0 spiro atoms. The van der Waals surface area contributed by atoms with Crippen LogP contribution in [0.2, 0.25) is 0 Å². The van der Waals surface area contributed by atoms with E-state index in [-0.39, 0.29) is 5.82 Å². The van der Waals surface area contributed by atoms with Crippen LogP contribution < -0.4 is 0 Å². The highest BCUT2D eigenvalue weighted by Gasteiger charge is 2.10. The number of fused-ring (bicyclic) bond motifs is 1. The summed E-state index contributed by atoms with van der Waals surface area (Å²) in [5.41, 5.74) is 4.84. The van der Waals surface area contributed by atoms with Gasteiger partial charge < -0.3 is 9.47 Å². The van der Waals surface area contributed by atoms with E-state index in [0.29, 0.717) is 0 Å². The Kier molecular flexibility index (Phi) is 6.66. The number of aromatic nitrogens is 1. The molecule has 0 bridgehead atoms. The van der Waals surface area contributed by atoms with Gasteiger partial charge in [-0.1, -0.05) is 46.3 Å². The molecule has 2 nitrogen and oxygen atoms in total. The third-order valence-corrected chi connectivity index (χ3v) is 5.97. The van der Waals surface area contributed by atoms with Gasteiger partial charge in [-0.2, -0.15) is 0 Å². The van der Waals surface area contributed by atoms with Gasteiger partial charge in [0.25, 0.3) is 0 Å². The van der Waals surface area contributed by atoms with Crippen molar-refractivity contribution in [3.05, 3.63) is 100 Å². The van der Waals surface area contributed by atoms with Crippen LogP contribution in [0.5, 0.6) is 0 Å². The van der Waals surface area contributed by atoms with Gasteiger partial charge in [0.15, 0.2) is 0 Å². The average molecular weight is 465 g/mol. The van der Waals surface area contributed by atoms with Gasteiger partial charge in [-0.05, 0) is 86.4 Å². The Morgan fingerprint density at radius 3 is 2.53 bits per heavy atom. The maximum Gasteiger partial charge on any atom is 0.123 e. The van der Waals surface area contributed by atoms with Crippen molar-refractivity contribution in [1.29, 1.82) is 0 Å². The summed E-state index contributed by atoms with van der Waals surface area (Å²) in [6.07, 6.45) is 5.54. The Morgan fingerprint density at radius 1 is 0.933 bits per heavy atom. The molecule has 0 radical (unpaired) electrons. The van der Waals surface area contributed by atoms with Crippen LogP contribution in [0.25, 0.3) is 16.6 Å². The van der Waals surface area contributed by atoms with E-state index in [1.807, 2.05) is 12.1 Å². The van der Waals surface area contributed by atoms with Gasteiger partial charge in [-0.25, -0.2) is 4.39 Å². The number of hydrogen-bond acceptors (Lipinski definition) is 1. The molecule has 0 saturated carbocycles. The van der Waals surface area contributed by atoms with E-state index in [1.165, 1.54) is 34.2 Å². The Balaban J connectivity index is 1.39. The number of hydrogen-bond donors (Lipinski definition) is 0. The van der Waals surface area contributed by atoms with Crippen molar-refractivity contribution in [2.24, 2.45) is 0 Å². The van der Waals surface area contributed by atoms with Crippen LogP contribution in [0.4, 0.5) is 4.39 Å². The first-order chi connectivity index (χ1) is 14.6. The first-order valence-corrected chi connectivity index (χ1v) is 11.2. The van der Waals surface area contributed by atoms with E-state index in [4.69, 9.17) is 0 Å². The van der Waals surface area contributed by atoms with Crippen molar-refractivity contribution in [1.82, 2.24) is 9.47 Å². The van der Waals surface area contributed by atoms with Crippen molar-refractivity contribution >= 4 is 26.8 Å². The molecule has 0 N–H and O–H groups in total. The van der Waals surface area contributed by atoms with Crippen LogP contribution in [0.15, 0.2) is 83.5 Å². The van der Waals surface area contributed by atoms with Crippen LogP contribution in [-0.2, 0) is 13.0 Å². The third kappa shape index (κ3) is 5.00. The summed E-state index contributed by atoms with van der Waals surface area (Å²) >= 11 is 3.54.